The molecule has 0 saturated heterocycles. The normalized spacial score (nSPS) is 31.6. The third-order valence-corrected chi connectivity index (χ3v) is 8.81. The van der Waals surface area contributed by atoms with Crippen LogP contribution in [0.2, 0.25) is 0 Å². The second-order valence-electron chi connectivity index (χ2n) is 4.11. The van der Waals surface area contributed by atoms with E-state index in [1.807, 2.05) is 4.52 Å². The first kappa shape index (κ1) is 21.0. The average Bonchev–Trinajstić information content (AvgIpc) is 2.19. The minimum Gasteiger partial charge on any atom is -0.280 e. The molecule has 0 bridgehead atoms. The second kappa shape index (κ2) is 6.01. The van der Waals surface area contributed by atoms with Crippen LogP contribution in [0.4, 0.5) is 43.1 Å². The molecule has 0 aromatic rings. The molecule has 5 nitrogen and oxygen atoms in total. The summed E-state index contributed by atoms with van der Waals surface area (Å²) in [5.41, 5.74) is 0. The van der Waals surface area contributed by atoms with E-state index in [1.165, 1.54) is 0 Å². The van der Waals surface area contributed by atoms with Gasteiger partial charge in [0.2, 0.25) is 0 Å². The fourth-order valence-corrected chi connectivity index (χ4v) is 7.91. The van der Waals surface area contributed by atoms with E-state index in [0.29, 0.717) is 0 Å². The van der Waals surface area contributed by atoms with Crippen molar-refractivity contribution in [3.63, 3.8) is 0 Å². The van der Waals surface area contributed by atoms with Gasteiger partial charge in [-0.3, -0.25) is 4.52 Å². The molecule has 18 heteroatoms. The highest BCUT2D eigenvalue weighted by atomic mass is 31.3. The van der Waals surface area contributed by atoms with Crippen LogP contribution in [-0.4, -0.2) is 37.2 Å². The van der Waals surface area contributed by atoms with E-state index >= 15 is 0 Å². The minimum atomic E-state index is -6.26. The van der Waals surface area contributed by atoms with Crippen LogP contribution in [0.1, 0.15) is 0 Å². The number of rotatable bonds is 3. The van der Waals surface area contributed by atoms with E-state index in [4.69, 9.17) is 0 Å². The van der Waals surface area contributed by atoms with Crippen molar-refractivity contribution in [1.29, 1.82) is 0 Å². The van der Waals surface area contributed by atoms with Gasteiger partial charge in [0.1, 0.15) is 0 Å². The molecule has 1 aliphatic rings. The highest BCUT2D eigenvalue weighted by molar-refractivity contribution is 7.78. The molecule has 0 aromatic heterocycles. The van der Waals surface area contributed by atoms with E-state index < -0.39 is 41.7 Å². The quantitative estimate of drug-likeness (QED) is 0.372. The van der Waals surface area contributed by atoms with Gasteiger partial charge in [0.25, 0.3) is 6.10 Å². The summed E-state index contributed by atoms with van der Waals surface area (Å²) in [4.78, 5) is 0. The van der Waals surface area contributed by atoms with Gasteiger partial charge in [-0.25, -0.2) is 4.67 Å². The van der Waals surface area contributed by atoms with Crippen molar-refractivity contribution in [2.24, 2.45) is 13.5 Å². The Morgan fingerprint density at radius 1 is 0.826 bits per heavy atom. The molecule has 0 aliphatic carbocycles. The molecule has 0 amide bonds. The van der Waals surface area contributed by atoms with Gasteiger partial charge >= 0.3 is 35.6 Å². The maximum Gasteiger partial charge on any atom is 0.424 e. The first-order chi connectivity index (χ1) is 9.90. The molecule has 0 fully saturated rings. The zero-order valence-corrected chi connectivity index (χ0v) is 13.6. The van der Waals surface area contributed by atoms with E-state index in [2.05, 4.69) is 13.6 Å². The lowest BCUT2D eigenvalue weighted by Crippen LogP contribution is -2.43. The fraction of sp³-hybridized carbons (Fsp3) is 1.00. The second-order valence-corrected chi connectivity index (χ2v) is 10.1. The molecule has 23 heavy (non-hydrogen) atoms. The average molecular weight is 422 g/mol. The maximum absolute atomic E-state index is 14.1. The molecule has 2 atom stereocenters. The lowest BCUT2D eigenvalue weighted by Gasteiger charge is -2.28. The number of nitrogens with zero attached hydrogens (tertiary/aromatic N) is 4. The smallest absolute Gasteiger partial charge is 0.280 e. The molecular weight excluding hydrogens is 415 g/mol. The molecule has 0 N–H and O–H groups in total. The number of alkyl halides is 6. The number of hydrogen-bond donors (Lipinski definition) is 0. The van der Waals surface area contributed by atoms with Gasteiger partial charge in [0, 0.05) is 0 Å². The zero-order chi connectivity index (χ0) is 18.5. The Balaban J connectivity index is 3.49. The van der Waals surface area contributed by atoms with Gasteiger partial charge in [0.05, 0.1) is 0 Å². The van der Waals surface area contributed by atoms with Gasteiger partial charge in [-0.05, 0) is 14.1 Å². The molecule has 0 aromatic carbocycles. The summed E-state index contributed by atoms with van der Waals surface area (Å²) in [6, 6.07) is 0. The summed E-state index contributed by atoms with van der Waals surface area (Å²) in [6.07, 6.45) is -17.2. The van der Waals surface area contributed by atoms with Gasteiger partial charge in [-0.2, -0.15) is 34.7 Å². The Hall–Kier alpha value is -0.0900. The van der Waals surface area contributed by atoms with Gasteiger partial charge in [-0.1, -0.05) is 0 Å². The topological polar surface area (TPSA) is 49.5 Å². The third-order valence-electron chi connectivity index (χ3n) is 2.01. The summed E-state index contributed by atoms with van der Waals surface area (Å²) < 4.78 is 138. The van der Waals surface area contributed by atoms with Gasteiger partial charge in [-0.15, -0.1) is 21.9 Å². The van der Waals surface area contributed by atoms with Crippen LogP contribution in [0.15, 0.2) is 13.5 Å². The van der Waals surface area contributed by atoms with Crippen LogP contribution in [0.3, 0.4) is 0 Å². The highest BCUT2D eigenvalue weighted by Gasteiger charge is 2.61. The summed E-state index contributed by atoms with van der Waals surface area (Å²) in [7, 11) is -16.2. The Labute approximate surface area is 122 Å². The van der Waals surface area contributed by atoms with Crippen molar-refractivity contribution in [2.45, 2.75) is 18.5 Å². The van der Waals surface area contributed by atoms with Crippen LogP contribution in [0.5, 0.6) is 0 Å². The summed E-state index contributed by atoms with van der Waals surface area (Å²) >= 11 is 0. The maximum atomic E-state index is 14.1. The van der Waals surface area contributed by atoms with E-state index in [-0.39, 0.29) is 4.67 Å². The molecule has 2 unspecified atom stereocenters. The van der Waals surface area contributed by atoms with E-state index in [1.54, 1.807) is 0 Å². The minimum absolute atomic E-state index is 0.226. The molecule has 0 radical (unpaired) electrons. The SMILES string of the molecule is CN(C)P1(F)=NP(F)(OC(C(F)(F)F)C(F)(F)F)=NP(F)(F)=N1. The third kappa shape index (κ3) is 5.19. The van der Waals surface area contributed by atoms with Gasteiger partial charge < -0.3 is 0 Å². The Kier molecular flexibility index (Phi) is 5.48. The summed E-state index contributed by atoms with van der Waals surface area (Å²) in [6.45, 7) is 0. The largest absolute Gasteiger partial charge is 0.424 e. The number of halogens is 10. The Morgan fingerprint density at radius 3 is 1.61 bits per heavy atom. The summed E-state index contributed by atoms with van der Waals surface area (Å²) in [5.74, 6) is 0. The van der Waals surface area contributed by atoms with Crippen LogP contribution < -0.4 is 0 Å². The van der Waals surface area contributed by atoms with Crippen LogP contribution in [-0.2, 0) is 4.52 Å². The van der Waals surface area contributed by atoms with Crippen LogP contribution in [0, 0.1) is 0 Å². The molecular formula is C5H7F10N4OP3. The first-order valence-corrected chi connectivity index (χ1v) is 9.62. The van der Waals surface area contributed by atoms with Crippen molar-refractivity contribution < 1.29 is 47.7 Å². The predicted octanol–water partition coefficient (Wildman–Crippen LogP) is 6.79. The van der Waals surface area contributed by atoms with Crippen molar-refractivity contribution in [3.8, 4) is 0 Å². The van der Waals surface area contributed by atoms with Crippen LogP contribution >= 0.6 is 23.2 Å². The van der Waals surface area contributed by atoms with E-state index in [0.717, 1.165) is 14.1 Å². The van der Waals surface area contributed by atoms with E-state index in [9.17, 15) is 43.1 Å². The van der Waals surface area contributed by atoms with Crippen molar-refractivity contribution in [2.75, 3.05) is 14.1 Å². The van der Waals surface area contributed by atoms with Crippen molar-refractivity contribution >= 4 is 23.2 Å². The molecule has 1 rings (SSSR count). The molecule has 1 heterocycles. The zero-order valence-electron chi connectivity index (χ0n) is 10.9. The van der Waals surface area contributed by atoms with Crippen molar-refractivity contribution in [1.82, 2.24) is 4.67 Å². The molecule has 138 valence electrons. The molecule has 0 saturated carbocycles. The van der Waals surface area contributed by atoms with Crippen molar-refractivity contribution in [3.05, 3.63) is 0 Å². The molecule has 0 spiro atoms. The van der Waals surface area contributed by atoms with Crippen LogP contribution in [0.25, 0.3) is 0 Å². The fourth-order valence-electron chi connectivity index (χ4n) is 1.11. The standard InChI is InChI=1S/C5H7F10N4OP3/c1-19(2)22(14)16-21(12,13)17-23(15,18-22)20-3(4(6,7)8)5(9,10)11/h3H,1-2H3. The Bertz CT molecular complexity index is 617. The number of hydrogen-bond acceptors (Lipinski definition) is 5. The molecule has 1 aliphatic heterocycles. The highest BCUT2D eigenvalue weighted by Crippen LogP contribution is 2.82. The first-order valence-electron chi connectivity index (χ1n) is 5.10. The lowest BCUT2D eigenvalue weighted by molar-refractivity contribution is -0.300. The van der Waals surface area contributed by atoms with Gasteiger partial charge in [0.15, 0.2) is 0 Å². The summed E-state index contributed by atoms with van der Waals surface area (Å²) in [5, 5.41) is 0. The Morgan fingerprint density at radius 2 is 1.26 bits per heavy atom. The lowest BCUT2D eigenvalue weighted by atomic mass is 10.3. The predicted molar refractivity (Wildman–Crippen MR) is 63.1 cm³/mol. The monoisotopic (exact) mass is 422 g/mol.